The Balaban J connectivity index is 2.27. The van der Waals surface area contributed by atoms with Gasteiger partial charge in [-0.05, 0) is 24.3 Å². The summed E-state index contributed by atoms with van der Waals surface area (Å²) >= 11 is 0. The van der Waals surface area contributed by atoms with Gasteiger partial charge in [-0.25, -0.2) is 4.79 Å². The van der Waals surface area contributed by atoms with Gasteiger partial charge in [0, 0.05) is 22.6 Å². The summed E-state index contributed by atoms with van der Waals surface area (Å²) in [7, 11) is 2.10. The molecular weight excluding hydrogens is 428 g/mol. The van der Waals surface area contributed by atoms with Gasteiger partial charge in [0.05, 0.1) is 0 Å². The molecule has 2 rings (SSSR count). The molecule has 158 valence electrons. The van der Waals surface area contributed by atoms with Crippen molar-refractivity contribution in [1.82, 2.24) is 4.90 Å². The SMILES string of the molecule is N[C@H](CSSC[C@H](C(=O)O)N(C(=O)c1ccccc1)C(=O)c1ccccc1)C(=O)O. The molecule has 0 saturated carbocycles. The van der Waals surface area contributed by atoms with Gasteiger partial charge in [-0.1, -0.05) is 58.0 Å². The Labute approximate surface area is 180 Å². The summed E-state index contributed by atoms with van der Waals surface area (Å²) in [6.45, 7) is 0. The Morgan fingerprint density at radius 3 is 1.60 bits per heavy atom. The molecule has 0 aromatic heterocycles. The number of carbonyl (C=O) groups excluding carboxylic acids is 2. The van der Waals surface area contributed by atoms with Gasteiger partial charge in [0.1, 0.15) is 12.1 Å². The molecular formula is C20H20N2O6S2. The predicted molar refractivity (Wildman–Crippen MR) is 115 cm³/mol. The van der Waals surface area contributed by atoms with E-state index in [9.17, 15) is 24.3 Å². The van der Waals surface area contributed by atoms with E-state index in [1.807, 2.05) is 0 Å². The highest BCUT2D eigenvalue weighted by atomic mass is 33.1. The number of hydrogen-bond acceptors (Lipinski definition) is 7. The number of aliphatic carboxylic acids is 2. The first kappa shape index (κ1) is 23.5. The molecule has 8 nitrogen and oxygen atoms in total. The lowest BCUT2D eigenvalue weighted by Gasteiger charge is -2.27. The predicted octanol–water partition coefficient (Wildman–Crippen LogP) is 2.22. The number of benzene rings is 2. The summed E-state index contributed by atoms with van der Waals surface area (Å²) in [5.41, 5.74) is 5.79. The number of carboxylic acid groups (broad SMARTS) is 2. The third kappa shape index (κ3) is 6.34. The zero-order valence-electron chi connectivity index (χ0n) is 15.7. The van der Waals surface area contributed by atoms with Gasteiger partial charge in [-0.2, -0.15) is 0 Å². The van der Waals surface area contributed by atoms with Crippen LogP contribution in [0.25, 0.3) is 0 Å². The average Bonchev–Trinajstić information content (AvgIpc) is 2.75. The summed E-state index contributed by atoms with van der Waals surface area (Å²) in [6, 6.07) is 13.3. The number of imide groups is 1. The zero-order chi connectivity index (χ0) is 22.1. The van der Waals surface area contributed by atoms with Crippen molar-refractivity contribution in [3.63, 3.8) is 0 Å². The number of nitrogens with two attached hydrogens (primary N) is 1. The lowest BCUT2D eigenvalue weighted by Crippen LogP contribution is -2.50. The van der Waals surface area contributed by atoms with E-state index < -0.39 is 35.8 Å². The average molecular weight is 449 g/mol. The molecule has 0 saturated heterocycles. The van der Waals surface area contributed by atoms with E-state index in [0.29, 0.717) is 0 Å². The highest BCUT2D eigenvalue weighted by Gasteiger charge is 2.36. The molecule has 2 atom stereocenters. The standard InChI is InChI=1S/C20H20N2O6S2/c21-15(19(25)26)11-29-30-12-16(20(27)28)22(17(23)13-7-3-1-4-8-13)18(24)14-9-5-2-6-10-14/h1-10,15-16H,11-12,21H2,(H,25,26)(H,27,28)/t15-,16-/m1/s1. The topological polar surface area (TPSA) is 138 Å². The minimum absolute atomic E-state index is 0.0472. The van der Waals surface area contributed by atoms with E-state index in [1.165, 1.54) is 24.3 Å². The van der Waals surface area contributed by atoms with Crippen molar-refractivity contribution in [2.75, 3.05) is 11.5 Å². The molecule has 0 spiro atoms. The van der Waals surface area contributed by atoms with Crippen LogP contribution in [0.4, 0.5) is 0 Å². The molecule has 2 aromatic carbocycles. The van der Waals surface area contributed by atoms with Crippen molar-refractivity contribution in [3.8, 4) is 0 Å². The highest BCUT2D eigenvalue weighted by Crippen LogP contribution is 2.26. The quantitative estimate of drug-likeness (QED) is 0.284. The van der Waals surface area contributed by atoms with E-state index in [1.54, 1.807) is 36.4 Å². The summed E-state index contributed by atoms with van der Waals surface area (Å²) in [5, 5.41) is 18.6. The number of carboxylic acids is 2. The van der Waals surface area contributed by atoms with Gasteiger partial charge in [0.15, 0.2) is 0 Å². The second-order valence-corrected chi connectivity index (χ2v) is 8.63. The van der Waals surface area contributed by atoms with Crippen molar-refractivity contribution >= 4 is 45.3 Å². The van der Waals surface area contributed by atoms with Crippen LogP contribution in [0.5, 0.6) is 0 Å². The molecule has 30 heavy (non-hydrogen) atoms. The van der Waals surface area contributed by atoms with E-state index >= 15 is 0 Å². The monoisotopic (exact) mass is 448 g/mol. The van der Waals surface area contributed by atoms with Gasteiger partial charge in [0.2, 0.25) is 0 Å². The molecule has 0 aliphatic rings. The fraction of sp³-hybridized carbons (Fsp3) is 0.200. The number of carbonyl (C=O) groups is 4. The summed E-state index contributed by atoms with van der Waals surface area (Å²) in [6.07, 6.45) is 0. The molecule has 0 fully saturated rings. The molecule has 4 N–H and O–H groups in total. The second-order valence-electron chi connectivity index (χ2n) is 6.08. The minimum atomic E-state index is -1.45. The summed E-state index contributed by atoms with van der Waals surface area (Å²) in [4.78, 5) is 49.6. The van der Waals surface area contributed by atoms with Crippen molar-refractivity contribution in [3.05, 3.63) is 71.8 Å². The molecule has 0 heterocycles. The Hall–Kier alpha value is -2.82. The third-order valence-electron chi connectivity index (χ3n) is 3.95. The van der Waals surface area contributed by atoms with Crippen molar-refractivity contribution < 1.29 is 29.4 Å². The maximum Gasteiger partial charge on any atom is 0.327 e. The summed E-state index contributed by atoms with van der Waals surface area (Å²) in [5.74, 6) is -4.07. The van der Waals surface area contributed by atoms with Gasteiger partial charge in [-0.15, -0.1) is 0 Å². The maximum atomic E-state index is 13.1. The molecule has 0 radical (unpaired) electrons. The molecule has 10 heteroatoms. The highest BCUT2D eigenvalue weighted by molar-refractivity contribution is 8.76. The molecule has 2 aromatic rings. The van der Waals surface area contributed by atoms with Crippen LogP contribution in [0.1, 0.15) is 20.7 Å². The van der Waals surface area contributed by atoms with Crippen LogP contribution in [-0.4, -0.2) is 62.5 Å². The second kappa shape index (κ2) is 11.4. The van der Waals surface area contributed by atoms with Crippen LogP contribution in [0.15, 0.2) is 60.7 Å². The van der Waals surface area contributed by atoms with Gasteiger partial charge >= 0.3 is 11.9 Å². The smallest absolute Gasteiger partial charge is 0.327 e. The van der Waals surface area contributed by atoms with Crippen LogP contribution in [-0.2, 0) is 9.59 Å². The van der Waals surface area contributed by atoms with Gasteiger partial charge in [-0.3, -0.25) is 19.3 Å². The third-order valence-corrected chi connectivity index (χ3v) is 6.38. The van der Waals surface area contributed by atoms with Crippen molar-refractivity contribution in [1.29, 1.82) is 0 Å². The Kier molecular flexibility index (Phi) is 8.90. The lowest BCUT2D eigenvalue weighted by atomic mass is 10.1. The van der Waals surface area contributed by atoms with E-state index in [-0.39, 0.29) is 22.6 Å². The van der Waals surface area contributed by atoms with Gasteiger partial charge < -0.3 is 15.9 Å². The van der Waals surface area contributed by atoms with E-state index in [2.05, 4.69) is 0 Å². The zero-order valence-corrected chi connectivity index (χ0v) is 17.3. The minimum Gasteiger partial charge on any atom is -0.480 e. The first-order valence-electron chi connectivity index (χ1n) is 8.76. The van der Waals surface area contributed by atoms with E-state index in [0.717, 1.165) is 26.5 Å². The maximum absolute atomic E-state index is 13.1. The van der Waals surface area contributed by atoms with Crippen molar-refractivity contribution in [2.24, 2.45) is 5.73 Å². The van der Waals surface area contributed by atoms with Crippen LogP contribution >= 0.6 is 21.6 Å². The molecule has 0 aliphatic carbocycles. The van der Waals surface area contributed by atoms with Crippen LogP contribution in [0, 0.1) is 0 Å². The molecule has 0 unspecified atom stereocenters. The molecule has 2 amide bonds. The summed E-state index contributed by atoms with van der Waals surface area (Å²) < 4.78 is 0. The first-order valence-corrected chi connectivity index (χ1v) is 11.2. The fourth-order valence-corrected chi connectivity index (χ4v) is 4.68. The lowest BCUT2D eigenvalue weighted by molar-refractivity contribution is -0.141. The Morgan fingerprint density at radius 2 is 1.20 bits per heavy atom. The van der Waals surface area contributed by atoms with Gasteiger partial charge in [0.25, 0.3) is 11.8 Å². The van der Waals surface area contributed by atoms with Crippen LogP contribution in [0.2, 0.25) is 0 Å². The van der Waals surface area contributed by atoms with Crippen LogP contribution < -0.4 is 5.73 Å². The number of hydrogen-bond donors (Lipinski definition) is 3. The number of nitrogens with zero attached hydrogens (tertiary/aromatic N) is 1. The Bertz CT molecular complexity index is 843. The first-order chi connectivity index (χ1) is 14.3. The molecule has 0 aliphatic heterocycles. The fourth-order valence-electron chi connectivity index (χ4n) is 2.38. The number of rotatable bonds is 10. The van der Waals surface area contributed by atoms with Crippen LogP contribution in [0.3, 0.4) is 0 Å². The molecule has 0 bridgehead atoms. The Morgan fingerprint density at radius 1 is 0.767 bits per heavy atom. The number of amides is 2. The largest absolute Gasteiger partial charge is 0.480 e. The van der Waals surface area contributed by atoms with Crippen molar-refractivity contribution in [2.45, 2.75) is 12.1 Å². The normalized spacial score (nSPS) is 12.6. The van der Waals surface area contributed by atoms with E-state index in [4.69, 9.17) is 10.8 Å².